The molecular weight excluding hydrogens is 303 g/mol. The molecule has 96 valence electrons. The number of carbonyl (C=O) groups excluding carboxylic acids is 1. The molecule has 0 saturated carbocycles. The Balaban J connectivity index is 2.20. The number of aryl methyl sites for hydroxylation is 1. The van der Waals surface area contributed by atoms with E-state index in [9.17, 15) is 4.79 Å². The SMILES string of the molecule is Cc1csc(C(=O)c2c[nH]c3nccc(Cl)c23)c1Cl. The van der Waals surface area contributed by atoms with Gasteiger partial charge >= 0.3 is 0 Å². The number of nitrogens with one attached hydrogen (secondary N) is 1. The van der Waals surface area contributed by atoms with Gasteiger partial charge in [0.25, 0.3) is 0 Å². The number of aromatic amines is 1. The summed E-state index contributed by atoms with van der Waals surface area (Å²) in [5.41, 5.74) is 2.00. The van der Waals surface area contributed by atoms with Gasteiger partial charge in [0.1, 0.15) is 5.65 Å². The van der Waals surface area contributed by atoms with Crippen LogP contribution in [0.3, 0.4) is 0 Å². The van der Waals surface area contributed by atoms with E-state index < -0.39 is 0 Å². The summed E-state index contributed by atoms with van der Waals surface area (Å²) in [6, 6.07) is 1.66. The van der Waals surface area contributed by atoms with Gasteiger partial charge in [-0.2, -0.15) is 0 Å². The van der Waals surface area contributed by atoms with Crippen LogP contribution in [0.25, 0.3) is 11.0 Å². The Bertz CT molecular complexity index is 791. The largest absolute Gasteiger partial charge is 0.345 e. The number of carbonyl (C=O) groups is 1. The number of thiophene rings is 1. The van der Waals surface area contributed by atoms with Crippen LogP contribution in [0, 0.1) is 6.92 Å². The molecule has 0 radical (unpaired) electrons. The molecule has 0 aliphatic carbocycles. The van der Waals surface area contributed by atoms with E-state index >= 15 is 0 Å². The van der Waals surface area contributed by atoms with E-state index in [-0.39, 0.29) is 5.78 Å². The standard InChI is InChI=1S/C13H8Cl2N2OS/c1-6-5-19-12(10(6)15)11(18)7-4-17-13-9(7)8(14)2-3-16-13/h2-5H,1H3,(H,16,17). The van der Waals surface area contributed by atoms with Crippen molar-refractivity contribution >= 4 is 51.4 Å². The third-order valence-electron chi connectivity index (χ3n) is 2.87. The molecule has 0 bridgehead atoms. The maximum atomic E-state index is 12.5. The molecule has 0 saturated heterocycles. The van der Waals surface area contributed by atoms with Crippen LogP contribution in [-0.2, 0) is 0 Å². The lowest BCUT2D eigenvalue weighted by molar-refractivity contribution is 0.104. The molecule has 3 aromatic rings. The molecular formula is C13H8Cl2N2OS. The second kappa shape index (κ2) is 4.63. The summed E-state index contributed by atoms with van der Waals surface area (Å²) in [5, 5.41) is 3.50. The third kappa shape index (κ3) is 1.96. The number of aromatic nitrogens is 2. The molecule has 0 spiro atoms. The van der Waals surface area contributed by atoms with E-state index in [0.29, 0.717) is 31.5 Å². The lowest BCUT2D eigenvalue weighted by Gasteiger charge is -1.99. The van der Waals surface area contributed by atoms with Crippen molar-refractivity contribution in [1.29, 1.82) is 0 Å². The van der Waals surface area contributed by atoms with Crippen LogP contribution in [0.5, 0.6) is 0 Å². The van der Waals surface area contributed by atoms with Crippen LogP contribution in [0.2, 0.25) is 10.0 Å². The number of H-pyrrole nitrogens is 1. The summed E-state index contributed by atoms with van der Waals surface area (Å²) in [4.78, 5) is 20.2. The van der Waals surface area contributed by atoms with Gasteiger partial charge in [-0.05, 0) is 23.9 Å². The fourth-order valence-electron chi connectivity index (χ4n) is 1.90. The first-order chi connectivity index (χ1) is 9.09. The molecule has 0 aromatic carbocycles. The Morgan fingerprint density at radius 2 is 2.21 bits per heavy atom. The van der Waals surface area contributed by atoms with Crippen molar-refractivity contribution in [3.63, 3.8) is 0 Å². The molecule has 0 amide bonds. The van der Waals surface area contributed by atoms with Crippen molar-refractivity contribution in [2.75, 3.05) is 0 Å². The van der Waals surface area contributed by atoms with Gasteiger partial charge in [0, 0.05) is 17.8 Å². The van der Waals surface area contributed by atoms with Crippen LogP contribution in [0.1, 0.15) is 20.8 Å². The molecule has 6 heteroatoms. The van der Waals surface area contributed by atoms with Crippen LogP contribution in [0.4, 0.5) is 0 Å². The second-order valence-electron chi connectivity index (χ2n) is 4.11. The van der Waals surface area contributed by atoms with E-state index in [0.717, 1.165) is 5.56 Å². The average Bonchev–Trinajstić information content (AvgIpc) is 2.95. The quantitative estimate of drug-likeness (QED) is 0.710. The number of nitrogens with zero attached hydrogens (tertiary/aromatic N) is 1. The maximum absolute atomic E-state index is 12.5. The van der Waals surface area contributed by atoms with E-state index in [2.05, 4.69) is 9.97 Å². The van der Waals surface area contributed by atoms with E-state index in [4.69, 9.17) is 23.2 Å². The number of rotatable bonds is 2. The van der Waals surface area contributed by atoms with E-state index in [1.165, 1.54) is 11.3 Å². The molecule has 0 aliphatic rings. The van der Waals surface area contributed by atoms with Gasteiger partial charge in [0.15, 0.2) is 0 Å². The predicted molar refractivity (Wildman–Crippen MR) is 78.6 cm³/mol. The summed E-state index contributed by atoms with van der Waals surface area (Å²) in [7, 11) is 0. The molecule has 0 fully saturated rings. The van der Waals surface area contributed by atoms with Gasteiger partial charge in [0.05, 0.1) is 20.5 Å². The summed E-state index contributed by atoms with van der Waals surface area (Å²) < 4.78 is 0. The minimum absolute atomic E-state index is 0.135. The summed E-state index contributed by atoms with van der Waals surface area (Å²) in [6.45, 7) is 1.87. The van der Waals surface area contributed by atoms with Gasteiger partial charge in [-0.25, -0.2) is 4.98 Å². The van der Waals surface area contributed by atoms with Crippen LogP contribution < -0.4 is 0 Å². The van der Waals surface area contributed by atoms with Crippen molar-refractivity contribution in [2.45, 2.75) is 6.92 Å². The Hall–Kier alpha value is -1.36. The zero-order valence-electron chi connectivity index (χ0n) is 9.83. The first-order valence-electron chi connectivity index (χ1n) is 5.49. The first-order valence-corrected chi connectivity index (χ1v) is 7.13. The van der Waals surface area contributed by atoms with E-state index in [1.807, 2.05) is 12.3 Å². The van der Waals surface area contributed by atoms with Gasteiger partial charge in [-0.3, -0.25) is 4.79 Å². The maximum Gasteiger partial charge on any atom is 0.206 e. The van der Waals surface area contributed by atoms with E-state index in [1.54, 1.807) is 18.5 Å². The van der Waals surface area contributed by atoms with Crippen molar-refractivity contribution in [3.05, 3.63) is 49.9 Å². The summed E-state index contributed by atoms with van der Waals surface area (Å²) in [6.07, 6.45) is 3.22. The monoisotopic (exact) mass is 310 g/mol. The number of hydrogen-bond acceptors (Lipinski definition) is 3. The molecule has 0 aliphatic heterocycles. The minimum Gasteiger partial charge on any atom is -0.345 e. The summed E-state index contributed by atoms with van der Waals surface area (Å²) in [5.74, 6) is -0.135. The molecule has 1 N–H and O–H groups in total. The third-order valence-corrected chi connectivity index (χ3v) is 4.88. The molecule has 3 rings (SSSR count). The Morgan fingerprint density at radius 3 is 2.89 bits per heavy atom. The zero-order valence-corrected chi connectivity index (χ0v) is 12.2. The smallest absolute Gasteiger partial charge is 0.206 e. The normalized spacial score (nSPS) is 11.1. The molecule has 3 nitrogen and oxygen atoms in total. The molecule has 3 aromatic heterocycles. The Kier molecular flexibility index (Phi) is 3.09. The summed E-state index contributed by atoms with van der Waals surface area (Å²) >= 11 is 13.6. The molecule has 19 heavy (non-hydrogen) atoms. The molecule has 0 atom stereocenters. The van der Waals surface area contributed by atoms with Crippen molar-refractivity contribution in [3.8, 4) is 0 Å². The highest BCUT2D eigenvalue weighted by atomic mass is 35.5. The van der Waals surface area contributed by atoms with Crippen molar-refractivity contribution < 1.29 is 4.79 Å². The van der Waals surface area contributed by atoms with Gasteiger partial charge in [-0.15, -0.1) is 11.3 Å². The van der Waals surface area contributed by atoms with Gasteiger partial charge in [-0.1, -0.05) is 23.2 Å². The highest BCUT2D eigenvalue weighted by Crippen LogP contribution is 2.32. The Labute approximate surface area is 123 Å². The topological polar surface area (TPSA) is 45.8 Å². The number of ketones is 1. The lowest BCUT2D eigenvalue weighted by atomic mass is 10.1. The zero-order chi connectivity index (χ0) is 13.6. The highest BCUT2D eigenvalue weighted by Gasteiger charge is 2.21. The number of pyridine rings is 1. The van der Waals surface area contributed by atoms with Crippen molar-refractivity contribution in [1.82, 2.24) is 9.97 Å². The Morgan fingerprint density at radius 1 is 1.42 bits per heavy atom. The fourth-order valence-corrected chi connectivity index (χ4v) is 3.38. The number of hydrogen-bond donors (Lipinski definition) is 1. The van der Waals surface area contributed by atoms with Crippen molar-refractivity contribution in [2.24, 2.45) is 0 Å². The highest BCUT2D eigenvalue weighted by molar-refractivity contribution is 7.13. The lowest BCUT2D eigenvalue weighted by Crippen LogP contribution is -1.98. The number of halogens is 2. The fraction of sp³-hybridized carbons (Fsp3) is 0.0769. The number of fused-ring (bicyclic) bond motifs is 1. The average molecular weight is 311 g/mol. The van der Waals surface area contributed by atoms with Crippen LogP contribution in [-0.4, -0.2) is 15.8 Å². The van der Waals surface area contributed by atoms with Crippen LogP contribution in [0.15, 0.2) is 23.8 Å². The minimum atomic E-state index is -0.135. The predicted octanol–water partition coefficient (Wildman–Crippen LogP) is 4.47. The van der Waals surface area contributed by atoms with Gasteiger partial charge in [0.2, 0.25) is 5.78 Å². The van der Waals surface area contributed by atoms with Gasteiger partial charge < -0.3 is 4.98 Å². The molecule has 3 heterocycles. The second-order valence-corrected chi connectivity index (χ2v) is 5.77. The first kappa shape index (κ1) is 12.7. The van der Waals surface area contributed by atoms with Crippen LogP contribution >= 0.6 is 34.5 Å². The molecule has 0 unspecified atom stereocenters.